The Balaban J connectivity index is 1.73. The minimum absolute atomic E-state index is 0.0835. The smallest absolute Gasteiger partial charge is 0.234 e. The number of nitrogens with one attached hydrogen (secondary N) is 2. The van der Waals surface area contributed by atoms with Gasteiger partial charge in [0.05, 0.1) is 24.2 Å². The summed E-state index contributed by atoms with van der Waals surface area (Å²) in [6.45, 7) is 2.62. The van der Waals surface area contributed by atoms with Crippen LogP contribution in [0.4, 0.5) is 5.69 Å². The molecule has 0 saturated carbocycles. The zero-order chi connectivity index (χ0) is 12.4. The molecule has 1 aromatic rings. The number of carbonyl (C=O) groups is 1. The maximum Gasteiger partial charge on any atom is 0.234 e. The molecule has 5 heteroatoms. The number of fused-ring (bicyclic) bond motifs is 1. The third-order valence-electron chi connectivity index (χ3n) is 3.14. The van der Waals surface area contributed by atoms with E-state index in [-0.39, 0.29) is 12.0 Å². The molecule has 1 unspecified atom stereocenters. The molecule has 2 aliphatic rings. The fourth-order valence-corrected chi connectivity index (χ4v) is 3.06. The Hall–Kier alpha value is -1.04. The predicted molar refractivity (Wildman–Crippen MR) is 72.1 cm³/mol. The number of anilines is 1. The summed E-state index contributed by atoms with van der Waals surface area (Å²) in [5.74, 6) is 0.599. The summed E-state index contributed by atoms with van der Waals surface area (Å²) in [6.07, 6.45) is 1.13. The van der Waals surface area contributed by atoms with Crippen LogP contribution in [0.25, 0.3) is 0 Å². The number of hydrogen-bond donors (Lipinski definition) is 2. The van der Waals surface area contributed by atoms with Crippen LogP contribution in [0.2, 0.25) is 0 Å². The van der Waals surface area contributed by atoms with Gasteiger partial charge >= 0.3 is 0 Å². The van der Waals surface area contributed by atoms with E-state index in [1.165, 1.54) is 5.56 Å². The molecule has 1 aromatic carbocycles. The topological polar surface area (TPSA) is 50.4 Å². The Morgan fingerprint density at radius 1 is 1.44 bits per heavy atom. The average Bonchev–Trinajstić information content (AvgIpc) is 2.39. The van der Waals surface area contributed by atoms with Gasteiger partial charge in [-0.1, -0.05) is 6.07 Å². The third-order valence-corrected chi connectivity index (χ3v) is 4.22. The molecule has 0 radical (unpaired) electrons. The summed E-state index contributed by atoms with van der Waals surface area (Å²) in [6, 6.07) is 6.28. The zero-order valence-electron chi connectivity index (χ0n) is 10.1. The molecular formula is C13H16N2O2S. The predicted octanol–water partition coefficient (Wildman–Crippen LogP) is 1.26. The Morgan fingerprint density at radius 2 is 2.39 bits per heavy atom. The lowest BCUT2D eigenvalue weighted by Gasteiger charge is -2.24. The Kier molecular flexibility index (Phi) is 3.54. The van der Waals surface area contributed by atoms with Crippen LogP contribution in [0.3, 0.4) is 0 Å². The molecule has 3 rings (SSSR count). The van der Waals surface area contributed by atoms with Gasteiger partial charge in [-0.05, 0) is 24.1 Å². The minimum Gasteiger partial charge on any atom is -0.375 e. The van der Waals surface area contributed by atoms with Crippen LogP contribution in [0.1, 0.15) is 5.56 Å². The lowest BCUT2D eigenvalue weighted by atomic mass is 10.1. The lowest BCUT2D eigenvalue weighted by Crippen LogP contribution is -2.39. The molecular weight excluding hydrogens is 248 g/mol. The van der Waals surface area contributed by atoms with Crippen LogP contribution >= 0.6 is 11.8 Å². The average molecular weight is 264 g/mol. The molecule has 2 N–H and O–H groups in total. The highest BCUT2D eigenvalue weighted by atomic mass is 32.2. The fourth-order valence-electron chi connectivity index (χ4n) is 2.27. The molecule has 0 aliphatic carbocycles. The summed E-state index contributed by atoms with van der Waals surface area (Å²) in [5.41, 5.74) is 2.16. The highest BCUT2D eigenvalue weighted by Gasteiger charge is 2.18. The van der Waals surface area contributed by atoms with E-state index in [1.54, 1.807) is 11.8 Å². The van der Waals surface area contributed by atoms with Gasteiger partial charge in [0.25, 0.3) is 0 Å². The van der Waals surface area contributed by atoms with E-state index >= 15 is 0 Å². The minimum atomic E-state index is 0.0835. The molecule has 2 aliphatic heterocycles. The molecule has 1 amide bonds. The first kappa shape index (κ1) is 12.0. The van der Waals surface area contributed by atoms with Crippen molar-refractivity contribution in [2.45, 2.75) is 17.4 Å². The number of rotatable bonds is 2. The van der Waals surface area contributed by atoms with E-state index in [9.17, 15) is 4.79 Å². The molecule has 0 spiro atoms. The second-order valence-electron chi connectivity index (χ2n) is 4.57. The zero-order valence-corrected chi connectivity index (χ0v) is 10.9. The molecule has 4 nitrogen and oxygen atoms in total. The summed E-state index contributed by atoms with van der Waals surface area (Å²) >= 11 is 1.60. The maximum absolute atomic E-state index is 11.4. The SMILES string of the molecule is O=C1CSc2ccc(CC3CNCCO3)cc2N1. The number of amides is 1. The summed E-state index contributed by atoms with van der Waals surface area (Å²) in [7, 11) is 0. The molecule has 1 atom stereocenters. The van der Waals surface area contributed by atoms with E-state index in [0.29, 0.717) is 5.75 Å². The van der Waals surface area contributed by atoms with E-state index in [0.717, 1.165) is 36.7 Å². The quantitative estimate of drug-likeness (QED) is 0.844. The number of benzene rings is 1. The first-order valence-corrected chi connectivity index (χ1v) is 7.18. The second-order valence-corrected chi connectivity index (χ2v) is 5.59. The standard InChI is InChI=1S/C13H16N2O2S/c16-13-8-18-12-2-1-9(6-11(12)15-13)5-10-7-14-3-4-17-10/h1-2,6,10,14H,3-5,7-8H2,(H,15,16). The van der Waals surface area contributed by atoms with Crippen LogP contribution < -0.4 is 10.6 Å². The van der Waals surface area contributed by atoms with E-state index in [2.05, 4.69) is 28.8 Å². The molecule has 1 saturated heterocycles. The Labute approximate surface area is 110 Å². The number of hydrogen-bond acceptors (Lipinski definition) is 4. The van der Waals surface area contributed by atoms with Crippen LogP contribution in [-0.2, 0) is 16.0 Å². The Bertz CT molecular complexity index is 458. The highest BCUT2D eigenvalue weighted by molar-refractivity contribution is 8.00. The van der Waals surface area contributed by atoms with Gasteiger partial charge in [0.15, 0.2) is 0 Å². The van der Waals surface area contributed by atoms with Gasteiger partial charge in [-0.25, -0.2) is 0 Å². The van der Waals surface area contributed by atoms with E-state index in [4.69, 9.17) is 4.74 Å². The van der Waals surface area contributed by atoms with Crippen LogP contribution in [0, 0.1) is 0 Å². The molecule has 1 fully saturated rings. The van der Waals surface area contributed by atoms with Crippen LogP contribution in [-0.4, -0.2) is 37.5 Å². The van der Waals surface area contributed by atoms with Gasteiger partial charge in [-0.15, -0.1) is 11.8 Å². The van der Waals surface area contributed by atoms with Crippen molar-refractivity contribution in [3.8, 4) is 0 Å². The molecule has 18 heavy (non-hydrogen) atoms. The molecule has 96 valence electrons. The summed E-state index contributed by atoms with van der Waals surface area (Å²) in [5, 5.41) is 6.25. The maximum atomic E-state index is 11.4. The van der Waals surface area contributed by atoms with Crippen LogP contribution in [0.15, 0.2) is 23.1 Å². The largest absolute Gasteiger partial charge is 0.375 e. The van der Waals surface area contributed by atoms with E-state index < -0.39 is 0 Å². The molecule has 0 bridgehead atoms. The highest BCUT2D eigenvalue weighted by Crippen LogP contribution is 2.32. The van der Waals surface area contributed by atoms with Crippen molar-refractivity contribution in [1.82, 2.24) is 5.32 Å². The van der Waals surface area contributed by atoms with Crippen molar-refractivity contribution in [1.29, 1.82) is 0 Å². The number of ether oxygens (including phenoxy) is 1. The van der Waals surface area contributed by atoms with Gasteiger partial charge < -0.3 is 15.4 Å². The lowest BCUT2D eigenvalue weighted by molar-refractivity contribution is -0.113. The van der Waals surface area contributed by atoms with Crippen molar-refractivity contribution >= 4 is 23.4 Å². The second kappa shape index (κ2) is 5.30. The van der Waals surface area contributed by atoms with Crippen molar-refractivity contribution in [2.75, 3.05) is 30.8 Å². The van der Waals surface area contributed by atoms with Gasteiger partial charge in [-0.3, -0.25) is 4.79 Å². The Morgan fingerprint density at radius 3 is 3.22 bits per heavy atom. The van der Waals surface area contributed by atoms with Gasteiger partial charge in [0.1, 0.15) is 0 Å². The van der Waals surface area contributed by atoms with Gasteiger partial charge in [-0.2, -0.15) is 0 Å². The first-order valence-electron chi connectivity index (χ1n) is 6.19. The summed E-state index contributed by atoms with van der Waals surface area (Å²) < 4.78 is 5.69. The first-order chi connectivity index (χ1) is 8.81. The fraction of sp³-hybridized carbons (Fsp3) is 0.462. The van der Waals surface area contributed by atoms with Gasteiger partial charge in [0, 0.05) is 18.0 Å². The number of carbonyl (C=O) groups excluding carboxylic acids is 1. The van der Waals surface area contributed by atoms with Crippen molar-refractivity contribution in [3.63, 3.8) is 0 Å². The van der Waals surface area contributed by atoms with Crippen molar-refractivity contribution < 1.29 is 9.53 Å². The van der Waals surface area contributed by atoms with Crippen molar-refractivity contribution in [3.05, 3.63) is 23.8 Å². The van der Waals surface area contributed by atoms with Gasteiger partial charge in [0.2, 0.25) is 5.91 Å². The number of morpholine rings is 1. The molecule has 2 heterocycles. The normalized spacial score (nSPS) is 23.3. The monoisotopic (exact) mass is 264 g/mol. The van der Waals surface area contributed by atoms with E-state index in [1.807, 2.05) is 0 Å². The number of thioether (sulfide) groups is 1. The third kappa shape index (κ3) is 2.68. The van der Waals surface area contributed by atoms with Crippen LogP contribution in [0.5, 0.6) is 0 Å². The summed E-state index contributed by atoms with van der Waals surface area (Å²) in [4.78, 5) is 12.5. The van der Waals surface area contributed by atoms with Crippen molar-refractivity contribution in [2.24, 2.45) is 0 Å². The molecule has 0 aromatic heterocycles.